The van der Waals surface area contributed by atoms with Crippen LogP contribution < -0.4 is 14.8 Å². The molecule has 0 bridgehead atoms. The number of aromatic nitrogens is 2. The number of carbonyl (C=O) groups is 1. The number of methoxy groups -OCH3 is 2. The zero-order chi connectivity index (χ0) is 19.2. The van der Waals surface area contributed by atoms with Gasteiger partial charge in [-0.25, -0.2) is 0 Å². The van der Waals surface area contributed by atoms with Crippen molar-refractivity contribution in [1.29, 1.82) is 0 Å². The molecule has 27 heavy (non-hydrogen) atoms. The number of hydrogen-bond acceptors (Lipinski definition) is 7. The minimum atomic E-state index is -0.221. The molecule has 0 aliphatic heterocycles. The number of anilines is 1. The van der Waals surface area contributed by atoms with Gasteiger partial charge in [-0.15, -0.1) is 10.2 Å². The van der Waals surface area contributed by atoms with Gasteiger partial charge in [0.15, 0.2) is 0 Å². The van der Waals surface area contributed by atoms with E-state index in [4.69, 9.17) is 13.9 Å². The lowest BCUT2D eigenvalue weighted by Gasteiger charge is -2.11. The van der Waals surface area contributed by atoms with Crippen molar-refractivity contribution in [3.8, 4) is 23.0 Å². The Balaban J connectivity index is 1.61. The van der Waals surface area contributed by atoms with E-state index < -0.39 is 0 Å². The van der Waals surface area contributed by atoms with Crippen molar-refractivity contribution in [2.75, 3.05) is 25.3 Å². The van der Waals surface area contributed by atoms with Gasteiger partial charge in [0.25, 0.3) is 5.22 Å². The Morgan fingerprint density at radius 2 is 1.89 bits per heavy atom. The Morgan fingerprint density at radius 1 is 1.11 bits per heavy atom. The van der Waals surface area contributed by atoms with Crippen LogP contribution in [0.3, 0.4) is 0 Å². The SMILES string of the molecule is COc1ccc(OC)c(NC(=O)CSc2nnc(-c3ccc(C)cc3)o2)c1. The molecule has 0 fully saturated rings. The van der Waals surface area contributed by atoms with Gasteiger partial charge in [-0.1, -0.05) is 29.5 Å². The van der Waals surface area contributed by atoms with Crippen molar-refractivity contribution < 1.29 is 18.7 Å². The molecule has 3 rings (SSSR count). The first-order valence-corrected chi connectivity index (χ1v) is 9.13. The monoisotopic (exact) mass is 385 g/mol. The Kier molecular flexibility index (Phi) is 5.97. The van der Waals surface area contributed by atoms with Crippen molar-refractivity contribution >= 4 is 23.4 Å². The van der Waals surface area contributed by atoms with Gasteiger partial charge in [0.1, 0.15) is 11.5 Å². The van der Waals surface area contributed by atoms with Crippen LogP contribution in [-0.4, -0.2) is 36.1 Å². The number of ether oxygens (including phenoxy) is 2. The molecule has 0 saturated heterocycles. The van der Waals surface area contributed by atoms with Crippen LogP contribution in [0.2, 0.25) is 0 Å². The highest BCUT2D eigenvalue weighted by Crippen LogP contribution is 2.29. The maximum absolute atomic E-state index is 12.2. The van der Waals surface area contributed by atoms with Crippen molar-refractivity contribution in [2.24, 2.45) is 0 Å². The van der Waals surface area contributed by atoms with Gasteiger partial charge in [0.05, 0.1) is 25.7 Å². The van der Waals surface area contributed by atoms with Gasteiger partial charge < -0.3 is 19.2 Å². The van der Waals surface area contributed by atoms with Crippen LogP contribution in [0.25, 0.3) is 11.5 Å². The van der Waals surface area contributed by atoms with Gasteiger partial charge in [-0.3, -0.25) is 4.79 Å². The first kappa shape index (κ1) is 18.8. The number of nitrogens with zero attached hydrogens (tertiary/aromatic N) is 2. The second kappa shape index (κ2) is 8.59. The van der Waals surface area contributed by atoms with Crippen LogP contribution in [0.1, 0.15) is 5.56 Å². The molecule has 0 unspecified atom stereocenters. The zero-order valence-electron chi connectivity index (χ0n) is 15.2. The third-order valence-corrected chi connectivity index (χ3v) is 4.53. The van der Waals surface area contributed by atoms with Gasteiger partial charge in [0, 0.05) is 11.6 Å². The fraction of sp³-hybridized carbons (Fsp3) is 0.211. The Bertz CT molecular complexity index is 925. The molecule has 0 saturated carbocycles. The summed E-state index contributed by atoms with van der Waals surface area (Å²) < 4.78 is 16.0. The largest absolute Gasteiger partial charge is 0.497 e. The van der Waals surface area contributed by atoms with Crippen LogP contribution >= 0.6 is 11.8 Å². The summed E-state index contributed by atoms with van der Waals surface area (Å²) in [6, 6.07) is 13.0. The number of nitrogens with one attached hydrogen (secondary N) is 1. The fourth-order valence-corrected chi connectivity index (χ4v) is 2.87. The van der Waals surface area contributed by atoms with E-state index in [1.165, 1.54) is 18.9 Å². The summed E-state index contributed by atoms with van der Waals surface area (Å²) in [5.74, 6) is 1.50. The number of aryl methyl sites for hydroxylation is 1. The normalized spacial score (nSPS) is 10.5. The molecule has 8 heteroatoms. The predicted molar refractivity (Wildman–Crippen MR) is 103 cm³/mol. The molecule has 1 N–H and O–H groups in total. The summed E-state index contributed by atoms with van der Waals surface area (Å²) >= 11 is 1.17. The second-order valence-corrected chi connectivity index (χ2v) is 6.57. The number of hydrogen-bond donors (Lipinski definition) is 1. The minimum Gasteiger partial charge on any atom is -0.497 e. The highest BCUT2D eigenvalue weighted by molar-refractivity contribution is 7.99. The average Bonchev–Trinajstić information content (AvgIpc) is 3.16. The molecular weight excluding hydrogens is 366 g/mol. The summed E-state index contributed by atoms with van der Waals surface area (Å²) in [6.07, 6.45) is 0. The topological polar surface area (TPSA) is 86.5 Å². The minimum absolute atomic E-state index is 0.121. The second-order valence-electron chi connectivity index (χ2n) is 5.64. The molecule has 0 aliphatic carbocycles. The van der Waals surface area contributed by atoms with Crippen molar-refractivity contribution in [3.05, 3.63) is 48.0 Å². The van der Waals surface area contributed by atoms with E-state index in [0.717, 1.165) is 11.1 Å². The molecule has 0 atom stereocenters. The average molecular weight is 385 g/mol. The van der Waals surface area contributed by atoms with Crippen LogP contribution in [0, 0.1) is 6.92 Å². The third-order valence-electron chi connectivity index (χ3n) is 3.71. The fourth-order valence-electron chi connectivity index (χ4n) is 2.31. The summed E-state index contributed by atoms with van der Waals surface area (Å²) in [6.45, 7) is 2.01. The first-order valence-electron chi connectivity index (χ1n) is 8.14. The summed E-state index contributed by atoms with van der Waals surface area (Å²) in [7, 11) is 3.10. The summed E-state index contributed by atoms with van der Waals surface area (Å²) in [5.41, 5.74) is 2.52. The van der Waals surface area contributed by atoms with E-state index in [0.29, 0.717) is 28.3 Å². The number of carbonyl (C=O) groups excluding carboxylic acids is 1. The third kappa shape index (κ3) is 4.79. The Hall–Kier alpha value is -3.00. The Morgan fingerprint density at radius 3 is 2.59 bits per heavy atom. The number of amides is 1. The first-order chi connectivity index (χ1) is 13.1. The number of thioether (sulfide) groups is 1. The van der Waals surface area contributed by atoms with E-state index >= 15 is 0 Å². The van der Waals surface area contributed by atoms with Crippen molar-refractivity contribution in [1.82, 2.24) is 10.2 Å². The molecule has 0 spiro atoms. The van der Waals surface area contributed by atoms with Crippen LogP contribution in [0.5, 0.6) is 11.5 Å². The molecule has 7 nitrogen and oxygen atoms in total. The van der Waals surface area contributed by atoms with E-state index in [9.17, 15) is 4.79 Å². The highest BCUT2D eigenvalue weighted by Gasteiger charge is 2.13. The molecule has 1 heterocycles. The molecule has 140 valence electrons. The van der Waals surface area contributed by atoms with Gasteiger partial charge >= 0.3 is 0 Å². The van der Waals surface area contributed by atoms with E-state index in [-0.39, 0.29) is 11.7 Å². The van der Waals surface area contributed by atoms with E-state index in [2.05, 4.69) is 15.5 Å². The summed E-state index contributed by atoms with van der Waals surface area (Å²) in [4.78, 5) is 12.2. The lowest BCUT2D eigenvalue weighted by molar-refractivity contribution is -0.113. The molecule has 3 aromatic rings. The lowest BCUT2D eigenvalue weighted by atomic mass is 10.1. The standard InChI is InChI=1S/C19H19N3O4S/c1-12-4-6-13(7-5-12)18-21-22-19(26-18)27-11-17(23)20-15-10-14(24-2)8-9-16(15)25-3/h4-10H,11H2,1-3H3,(H,20,23). The van der Waals surface area contributed by atoms with E-state index in [1.807, 2.05) is 31.2 Å². The van der Waals surface area contributed by atoms with Gasteiger partial charge in [0.2, 0.25) is 11.8 Å². The highest BCUT2D eigenvalue weighted by atomic mass is 32.2. The predicted octanol–water partition coefficient (Wildman–Crippen LogP) is 3.79. The Labute approximate surface area is 161 Å². The summed E-state index contributed by atoms with van der Waals surface area (Å²) in [5, 5.41) is 11.1. The quantitative estimate of drug-likeness (QED) is 0.619. The zero-order valence-corrected chi connectivity index (χ0v) is 16.0. The van der Waals surface area contributed by atoms with Gasteiger partial charge in [-0.2, -0.15) is 0 Å². The maximum atomic E-state index is 12.2. The van der Waals surface area contributed by atoms with Crippen molar-refractivity contribution in [2.45, 2.75) is 12.1 Å². The molecule has 1 aromatic heterocycles. The van der Waals surface area contributed by atoms with Crippen LogP contribution in [-0.2, 0) is 4.79 Å². The van der Waals surface area contributed by atoms with Crippen molar-refractivity contribution in [3.63, 3.8) is 0 Å². The van der Waals surface area contributed by atoms with Crippen LogP contribution in [0.15, 0.2) is 52.1 Å². The molecule has 0 radical (unpaired) electrons. The molecule has 2 aromatic carbocycles. The van der Waals surface area contributed by atoms with Crippen LogP contribution in [0.4, 0.5) is 5.69 Å². The number of rotatable bonds is 7. The number of benzene rings is 2. The molecular formula is C19H19N3O4S. The molecule has 0 aliphatic rings. The van der Waals surface area contributed by atoms with Gasteiger partial charge in [-0.05, 0) is 31.2 Å². The maximum Gasteiger partial charge on any atom is 0.277 e. The smallest absolute Gasteiger partial charge is 0.277 e. The lowest BCUT2D eigenvalue weighted by Crippen LogP contribution is -2.14. The molecule has 1 amide bonds. The van der Waals surface area contributed by atoms with E-state index in [1.54, 1.807) is 25.3 Å².